The predicted molar refractivity (Wildman–Crippen MR) is 146 cm³/mol. The lowest BCUT2D eigenvalue weighted by Gasteiger charge is -2.38. The van der Waals surface area contributed by atoms with Gasteiger partial charge in [0.25, 0.3) is 0 Å². The number of rotatable bonds is 8. The third kappa shape index (κ3) is 4.50. The molecule has 1 saturated heterocycles. The van der Waals surface area contributed by atoms with E-state index in [1.807, 2.05) is 84.9 Å². The Morgan fingerprint density at radius 1 is 0.816 bits per heavy atom. The van der Waals surface area contributed by atoms with Gasteiger partial charge < -0.3 is 19.5 Å². The van der Waals surface area contributed by atoms with Gasteiger partial charge in [-0.1, -0.05) is 66.7 Å². The monoisotopic (exact) mass is 508 g/mol. The summed E-state index contributed by atoms with van der Waals surface area (Å²) in [6.45, 7) is 1.74. The largest absolute Gasteiger partial charge is 0.473 e. The molecule has 0 atom stereocenters. The van der Waals surface area contributed by atoms with E-state index in [0.717, 1.165) is 27.8 Å². The van der Waals surface area contributed by atoms with Gasteiger partial charge in [0.1, 0.15) is 18.9 Å². The van der Waals surface area contributed by atoms with Crippen molar-refractivity contribution in [2.24, 2.45) is 7.05 Å². The Labute approximate surface area is 219 Å². The second-order valence-corrected chi connectivity index (χ2v) is 9.40. The molecule has 8 heteroatoms. The first-order valence-electron chi connectivity index (χ1n) is 12.6. The van der Waals surface area contributed by atoms with Crippen molar-refractivity contribution in [1.29, 1.82) is 0 Å². The Hall–Kier alpha value is -4.56. The minimum Gasteiger partial charge on any atom is -0.473 e. The van der Waals surface area contributed by atoms with Crippen molar-refractivity contribution in [2.45, 2.75) is 19.3 Å². The van der Waals surface area contributed by atoms with E-state index in [1.165, 1.54) is 0 Å². The number of hydrogen-bond acceptors (Lipinski definition) is 6. The fourth-order valence-electron chi connectivity index (χ4n) is 4.76. The smallest absolute Gasteiger partial charge is 0.333 e. The molecular formula is C30H28N4O4. The summed E-state index contributed by atoms with van der Waals surface area (Å²) >= 11 is 0. The van der Waals surface area contributed by atoms with Crippen LogP contribution in [-0.4, -0.2) is 38.4 Å². The molecule has 6 rings (SSSR count). The molecule has 1 aliphatic heterocycles. The lowest BCUT2D eigenvalue weighted by molar-refractivity contribution is 0.142. The lowest BCUT2D eigenvalue weighted by Crippen LogP contribution is -2.51. The van der Waals surface area contributed by atoms with Crippen molar-refractivity contribution in [3.05, 3.63) is 113 Å². The van der Waals surface area contributed by atoms with E-state index in [4.69, 9.17) is 9.47 Å². The van der Waals surface area contributed by atoms with Crippen molar-refractivity contribution in [2.75, 3.05) is 18.0 Å². The number of β-amino-alcohol motifs (C(OH)–C–C–N with tert-alkyl or cyclic N) is 1. The van der Waals surface area contributed by atoms with E-state index in [1.54, 1.807) is 22.2 Å². The molecule has 3 heterocycles. The van der Waals surface area contributed by atoms with E-state index in [2.05, 4.69) is 9.88 Å². The molecule has 0 saturated carbocycles. The van der Waals surface area contributed by atoms with Gasteiger partial charge in [-0.3, -0.25) is 9.13 Å². The predicted octanol–water partition coefficient (Wildman–Crippen LogP) is 4.06. The Morgan fingerprint density at radius 3 is 2.13 bits per heavy atom. The number of nitrogens with zero attached hydrogens (tertiary/aromatic N) is 4. The van der Waals surface area contributed by atoms with Crippen LogP contribution in [0.5, 0.6) is 11.8 Å². The van der Waals surface area contributed by atoms with Crippen molar-refractivity contribution >= 4 is 16.7 Å². The average molecular weight is 509 g/mol. The van der Waals surface area contributed by atoms with Crippen LogP contribution in [-0.2, 0) is 20.3 Å². The highest BCUT2D eigenvalue weighted by atomic mass is 16.5. The lowest BCUT2D eigenvalue weighted by atomic mass is 10.1. The zero-order valence-electron chi connectivity index (χ0n) is 21.0. The second kappa shape index (κ2) is 10.1. The zero-order chi connectivity index (χ0) is 26.1. The average Bonchev–Trinajstić information content (AvgIpc) is 3.20. The van der Waals surface area contributed by atoms with Gasteiger partial charge >= 0.3 is 5.69 Å². The standard InChI is InChI=1S/C30H28N4O4/c1-32-28-24(33-17-23(35)18-33)13-8-14-25(28)34(30(32)36)26-15-16-27(37-19-21-9-4-2-5-10-21)31-29(26)38-20-22-11-6-3-7-12-22/h2-16,23,35H,17-20H2,1H3. The first kappa shape index (κ1) is 23.8. The molecular weight excluding hydrogens is 480 g/mol. The summed E-state index contributed by atoms with van der Waals surface area (Å²) in [5.41, 5.74) is 4.78. The van der Waals surface area contributed by atoms with Crippen molar-refractivity contribution in [3.63, 3.8) is 0 Å². The molecule has 1 fully saturated rings. The molecule has 5 aromatic rings. The fraction of sp³-hybridized carbons (Fsp3) is 0.200. The fourth-order valence-corrected chi connectivity index (χ4v) is 4.76. The van der Waals surface area contributed by atoms with Crippen LogP contribution in [0.25, 0.3) is 16.7 Å². The molecule has 2 aromatic heterocycles. The number of benzene rings is 3. The normalized spacial score (nSPS) is 13.5. The number of pyridine rings is 1. The van der Waals surface area contributed by atoms with Gasteiger partial charge in [-0.15, -0.1) is 0 Å². The number of aliphatic hydroxyl groups excluding tert-OH is 1. The highest BCUT2D eigenvalue weighted by Crippen LogP contribution is 2.33. The maximum absolute atomic E-state index is 13.6. The second-order valence-electron chi connectivity index (χ2n) is 9.40. The molecule has 0 spiro atoms. The topological polar surface area (TPSA) is 81.8 Å². The highest BCUT2D eigenvalue weighted by Gasteiger charge is 2.28. The Balaban J connectivity index is 1.41. The van der Waals surface area contributed by atoms with Crippen LogP contribution in [0.1, 0.15) is 11.1 Å². The van der Waals surface area contributed by atoms with Crippen LogP contribution in [0.4, 0.5) is 5.69 Å². The number of hydrogen-bond donors (Lipinski definition) is 1. The van der Waals surface area contributed by atoms with Crippen LogP contribution < -0.4 is 20.1 Å². The Bertz CT molecular complexity index is 1620. The molecule has 0 aliphatic carbocycles. The van der Waals surface area contributed by atoms with E-state index in [-0.39, 0.29) is 11.8 Å². The third-order valence-electron chi connectivity index (χ3n) is 6.75. The maximum atomic E-state index is 13.6. The van der Waals surface area contributed by atoms with Crippen molar-refractivity contribution < 1.29 is 14.6 Å². The van der Waals surface area contributed by atoms with Crippen LogP contribution >= 0.6 is 0 Å². The number of anilines is 1. The molecule has 0 bridgehead atoms. The number of fused-ring (bicyclic) bond motifs is 1. The number of aryl methyl sites for hydroxylation is 1. The third-order valence-corrected chi connectivity index (χ3v) is 6.75. The quantitative estimate of drug-likeness (QED) is 0.340. The minimum absolute atomic E-state index is 0.210. The van der Waals surface area contributed by atoms with Crippen molar-refractivity contribution in [3.8, 4) is 17.4 Å². The van der Waals surface area contributed by atoms with Gasteiger partial charge in [0.15, 0.2) is 0 Å². The number of aromatic nitrogens is 3. The molecule has 3 aromatic carbocycles. The molecule has 0 radical (unpaired) electrons. The van der Waals surface area contributed by atoms with Crippen LogP contribution in [0.15, 0.2) is 95.8 Å². The van der Waals surface area contributed by atoms with E-state index in [9.17, 15) is 9.90 Å². The highest BCUT2D eigenvalue weighted by molar-refractivity contribution is 5.91. The van der Waals surface area contributed by atoms with Gasteiger partial charge in [-0.2, -0.15) is 4.98 Å². The molecule has 8 nitrogen and oxygen atoms in total. The first-order valence-corrected chi connectivity index (χ1v) is 12.6. The van der Waals surface area contributed by atoms with Crippen LogP contribution in [0, 0.1) is 0 Å². The summed E-state index contributed by atoms with van der Waals surface area (Å²) in [7, 11) is 1.76. The molecule has 0 amide bonds. The maximum Gasteiger partial charge on any atom is 0.333 e. The summed E-state index contributed by atoms with van der Waals surface area (Å²) in [6.07, 6.45) is -0.352. The zero-order valence-corrected chi connectivity index (χ0v) is 21.0. The van der Waals surface area contributed by atoms with Gasteiger partial charge in [0, 0.05) is 26.2 Å². The van der Waals surface area contributed by atoms with E-state index < -0.39 is 0 Å². The number of aliphatic hydroxyl groups is 1. The summed E-state index contributed by atoms with van der Waals surface area (Å²) in [5.74, 6) is 0.711. The Kier molecular flexibility index (Phi) is 6.31. The summed E-state index contributed by atoms with van der Waals surface area (Å²) < 4.78 is 15.4. The van der Waals surface area contributed by atoms with Crippen LogP contribution in [0.3, 0.4) is 0 Å². The van der Waals surface area contributed by atoms with Gasteiger partial charge in [-0.05, 0) is 29.3 Å². The van der Waals surface area contributed by atoms with E-state index in [0.29, 0.717) is 43.8 Å². The van der Waals surface area contributed by atoms with Gasteiger partial charge in [0.2, 0.25) is 11.8 Å². The van der Waals surface area contributed by atoms with Crippen molar-refractivity contribution in [1.82, 2.24) is 14.1 Å². The number of ether oxygens (including phenoxy) is 2. The Morgan fingerprint density at radius 2 is 1.47 bits per heavy atom. The number of para-hydroxylation sites is 1. The molecule has 192 valence electrons. The molecule has 0 unspecified atom stereocenters. The SMILES string of the molecule is Cn1c(=O)n(-c2ccc(OCc3ccccc3)nc2OCc2ccccc2)c2cccc(N3CC(O)C3)c21. The van der Waals surface area contributed by atoms with Gasteiger partial charge in [0.05, 0.1) is 22.8 Å². The molecule has 1 aliphatic rings. The van der Waals surface area contributed by atoms with E-state index >= 15 is 0 Å². The summed E-state index contributed by atoms with van der Waals surface area (Å²) in [4.78, 5) is 20.3. The number of imidazole rings is 1. The molecule has 38 heavy (non-hydrogen) atoms. The minimum atomic E-state index is -0.352. The van der Waals surface area contributed by atoms with Gasteiger partial charge in [-0.25, -0.2) is 4.79 Å². The first-order chi connectivity index (χ1) is 18.6. The molecule has 1 N–H and O–H groups in total. The summed E-state index contributed by atoms with van der Waals surface area (Å²) in [6, 6.07) is 29.1. The summed E-state index contributed by atoms with van der Waals surface area (Å²) in [5, 5.41) is 9.84. The van der Waals surface area contributed by atoms with Crippen LogP contribution in [0.2, 0.25) is 0 Å².